The Morgan fingerprint density at radius 2 is 2.20 bits per heavy atom. The molecule has 0 aromatic heterocycles. The van der Waals surface area contributed by atoms with Gasteiger partial charge in [0.15, 0.2) is 0 Å². The minimum Gasteiger partial charge on any atom is -0.321 e. The quantitative estimate of drug-likeness (QED) is 0.673. The molecule has 1 aromatic rings. The van der Waals surface area contributed by atoms with E-state index in [1.807, 2.05) is 0 Å². The Hall–Kier alpha value is -1.14. The minimum atomic E-state index is -0.591. The fourth-order valence-corrected chi connectivity index (χ4v) is 1.47. The van der Waals surface area contributed by atoms with Crippen LogP contribution < -0.4 is 5.32 Å². The number of nitrogens with zero attached hydrogens (tertiary/aromatic N) is 1. The molecular formula is C8H6BrClN2O3. The van der Waals surface area contributed by atoms with Crippen LogP contribution in [0.2, 0.25) is 5.02 Å². The first-order chi connectivity index (χ1) is 6.91. The average molecular weight is 294 g/mol. The van der Waals surface area contributed by atoms with Gasteiger partial charge >= 0.3 is 0 Å². The predicted molar refractivity (Wildman–Crippen MR) is 60.1 cm³/mol. The molecule has 0 aliphatic heterocycles. The van der Waals surface area contributed by atoms with E-state index in [1.165, 1.54) is 19.1 Å². The molecule has 0 saturated carbocycles. The lowest BCUT2D eigenvalue weighted by Gasteiger charge is -2.05. The van der Waals surface area contributed by atoms with E-state index in [0.717, 1.165) is 0 Å². The number of hydrogen-bond donors (Lipinski definition) is 1. The van der Waals surface area contributed by atoms with Crippen LogP contribution in [0, 0.1) is 10.1 Å². The van der Waals surface area contributed by atoms with Gasteiger partial charge in [-0.15, -0.1) is 0 Å². The molecule has 1 N–H and O–H groups in total. The Kier molecular flexibility index (Phi) is 3.65. The second-order valence-corrected chi connectivity index (χ2v) is 3.98. The van der Waals surface area contributed by atoms with Crippen molar-refractivity contribution in [1.82, 2.24) is 0 Å². The summed E-state index contributed by atoms with van der Waals surface area (Å²) < 4.78 is 0.407. The van der Waals surface area contributed by atoms with Crippen molar-refractivity contribution >= 4 is 44.8 Å². The van der Waals surface area contributed by atoms with Gasteiger partial charge in [-0.3, -0.25) is 14.9 Å². The third-order valence-corrected chi connectivity index (χ3v) is 2.74. The maximum absolute atomic E-state index is 10.8. The predicted octanol–water partition coefficient (Wildman–Crippen LogP) is 2.97. The van der Waals surface area contributed by atoms with Crippen molar-refractivity contribution in [1.29, 1.82) is 0 Å². The lowest BCUT2D eigenvalue weighted by molar-refractivity contribution is -0.384. The van der Waals surface area contributed by atoms with Gasteiger partial charge in [0.1, 0.15) is 5.69 Å². The Bertz CT molecular complexity index is 436. The summed E-state index contributed by atoms with van der Waals surface area (Å²) in [4.78, 5) is 20.9. The molecule has 1 rings (SSSR count). The Morgan fingerprint density at radius 3 is 2.67 bits per heavy atom. The summed E-state index contributed by atoms with van der Waals surface area (Å²) in [5.74, 6) is -0.392. The molecule has 0 radical (unpaired) electrons. The highest BCUT2D eigenvalue weighted by Crippen LogP contribution is 2.34. The van der Waals surface area contributed by atoms with Crippen molar-refractivity contribution in [2.75, 3.05) is 5.32 Å². The Morgan fingerprint density at radius 1 is 1.60 bits per heavy atom. The van der Waals surface area contributed by atoms with Gasteiger partial charge < -0.3 is 5.32 Å². The van der Waals surface area contributed by atoms with E-state index in [0.29, 0.717) is 9.50 Å². The molecular weight excluding hydrogens is 287 g/mol. The summed E-state index contributed by atoms with van der Waals surface area (Å²) in [7, 11) is 0. The lowest BCUT2D eigenvalue weighted by atomic mass is 10.2. The zero-order chi connectivity index (χ0) is 11.6. The van der Waals surface area contributed by atoms with Crippen LogP contribution in [0.3, 0.4) is 0 Å². The largest absolute Gasteiger partial charge is 0.321 e. The number of halogens is 2. The van der Waals surface area contributed by atoms with Gasteiger partial charge in [0, 0.05) is 17.5 Å². The Balaban J connectivity index is 3.28. The van der Waals surface area contributed by atoms with Crippen molar-refractivity contribution in [3.63, 3.8) is 0 Å². The standard InChI is InChI=1S/C8H6BrClN2O3/c1-4(13)11-7-3-6(10)5(9)2-8(7)12(14)15/h2-3H,1H3,(H,11,13). The molecule has 1 aromatic carbocycles. The molecule has 0 spiro atoms. The van der Waals surface area contributed by atoms with Crippen LogP contribution in [0.1, 0.15) is 6.92 Å². The summed E-state index contributed by atoms with van der Waals surface area (Å²) in [6.07, 6.45) is 0. The van der Waals surface area contributed by atoms with Gasteiger partial charge in [0.05, 0.1) is 9.95 Å². The molecule has 15 heavy (non-hydrogen) atoms. The minimum absolute atomic E-state index is 0.0840. The fourth-order valence-electron chi connectivity index (χ4n) is 0.977. The first kappa shape index (κ1) is 11.9. The summed E-state index contributed by atoms with van der Waals surface area (Å²) in [6.45, 7) is 1.26. The second-order valence-electron chi connectivity index (χ2n) is 2.72. The molecule has 0 atom stereocenters. The van der Waals surface area contributed by atoms with Crippen molar-refractivity contribution in [2.45, 2.75) is 6.92 Å². The number of carbonyl (C=O) groups is 1. The number of rotatable bonds is 2. The highest BCUT2D eigenvalue weighted by atomic mass is 79.9. The summed E-state index contributed by atoms with van der Waals surface area (Å²) in [5.41, 5.74) is -0.123. The van der Waals surface area contributed by atoms with Crippen LogP contribution in [0.25, 0.3) is 0 Å². The molecule has 5 nitrogen and oxygen atoms in total. The average Bonchev–Trinajstić information content (AvgIpc) is 2.09. The number of amides is 1. The van der Waals surface area contributed by atoms with Gasteiger partial charge in [0.25, 0.3) is 5.69 Å². The number of nitrogens with one attached hydrogen (secondary N) is 1. The smallest absolute Gasteiger partial charge is 0.293 e. The third kappa shape index (κ3) is 2.90. The molecule has 0 aliphatic carbocycles. The number of anilines is 1. The maximum atomic E-state index is 10.8. The zero-order valence-corrected chi connectivity index (χ0v) is 9.92. The van der Waals surface area contributed by atoms with E-state index in [2.05, 4.69) is 21.2 Å². The molecule has 80 valence electrons. The normalized spacial score (nSPS) is 9.80. The van der Waals surface area contributed by atoms with Gasteiger partial charge in [-0.05, 0) is 22.0 Å². The van der Waals surface area contributed by atoms with Gasteiger partial charge in [-0.25, -0.2) is 0 Å². The van der Waals surface area contributed by atoms with Crippen LogP contribution in [-0.2, 0) is 4.79 Å². The molecule has 0 saturated heterocycles. The highest BCUT2D eigenvalue weighted by Gasteiger charge is 2.17. The van der Waals surface area contributed by atoms with Gasteiger partial charge in [-0.1, -0.05) is 11.6 Å². The number of carbonyl (C=O) groups excluding carboxylic acids is 1. The van der Waals surface area contributed by atoms with Crippen molar-refractivity contribution in [3.05, 3.63) is 31.7 Å². The van der Waals surface area contributed by atoms with Crippen LogP contribution in [0.4, 0.5) is 11.4 Å². The van der Waals surface area contributed by atoms with Crippen LogP contribution >= 0.6 is 27.5 Å². The number of hydrogen-bond acceptors (Lipinski definition) is 3. The van der Waals surface area contributed by atoms with E-state index in [9.17, 15) is 14.9 Å². The molecule has 0 heterocycles. The van der Waals surface area contributed by atoms with E-state index >= 15 is 0 Å². The number of benzene rings is 1. The summed E-state index contributed by atoms with van der Waals surface area (Å²) >= 11 is 8.82. The molecule has 0 bridgehead atoms. The molecule has 1 amide bonds. The topological polar surface area (TPSA) is 72.2 Å². The van der Waals surface area contributed by atoms with Gasteiger partial charge in [0.2, 0.25) is 5.91 Å². The Labute approximate surface area is 98.7 Å². The van der Waals surface area contributed by atoms with E-state index < -0.39 is 10.8 Å². The second kappa shape index (κ2) is 4.59. The monoisotopic (exact) mass is 292 g/mol. The number of nitro benzene ring substituents is 1. The maximum Gasteiger partial charge on any atom is 0.293 e. The summed E-state index contributed by atoms with van der Waals surface area (Å²) in [6, 6.07) is 2.57. The van der Waals surface area contributed by atoms with E-state index in [1.54, 1.807) is 0 Å². The molecule has 0 unspecified atom stereocenters. The third-order valence-electron chi connectivity index (χ3n) is 1.55. The lowest BCUT2D eigenvalue weighted by Crippen LogP contribution is -2.08. The molecule has 0 aliphatic rings. The van der Waals surface area contributed by atoms with Crippen LogP contribution in [0.5, 0.6) is 0 Å². The SMILES string of the molecule is CC(=O)Nc1cc(Cl)c(Br)cc1[N+](=O)[O-]. The fraction of sp³-hybridized carbons (Fsp3) is 0.125. The van der Waals surface area contributed by atoms with Crippen molar-refractivity contribution < 1.29 is 9.72 Å². The number of nitro groups is 1. The first-order valence-electron chi connectivity index (χ1n) is 3.83. The zero-order valence-electron chi connectivity index (χ0n) is 7.58. The molecule has 7 heteroatoms. The summed E-state index contributed by atoms with van der Waals surface area (Å²) in [5, 5.41) is 13.3. The van der Waals surface area contributed by atoms with Crippen LogP contribution in [0.15, 0.2) is 16.6 Å². The van der Waals surface area contributed by atoms with Crippen molar-refractivity contribution in [3.8, 4) is 0 Å². The van der Waals surface area contributed by atoms with Crippen molar-refractivity contribution in [2.24, 2.45) is 0 Å². The first-order valence-corrected chi connectivity index (χ1v) is 5.00. The van der Waals surface area contributed by atoms with E-state index in [4.69, 9.17) is 11.6 Å². The van der Waals surface area contributed by atoms with Gasteiger partial charge in [-0.2, -0.15) is 0 Å². The van der Waals surface area contributed by atoms with Crippen LogP contribution in [-0.4, -0.2) is 10.8 Å². The highest BCUT2D eigenvalue weighted by molar-refractivity contribution is 9.10. The van der Waals surface area contributed by atoms with E-state index in [-0.39, 0.29) is 11.4 Å². The molecule has 0 fully saturated rings.